The summed E-state index contributed by atoms with van der Waals surface area (Å²) in [6.45, 7) is 2.29. The van der Waals surface area contributed by atoms with Gasteiger partial charge in [0.2, 0.25) is 0 Å². The third-order valence-corrected chi connectivity index (χ3v) is 3.31. The molecule has 7 nitrogen and oxygen atoms in total. The minimum Gasteiger partial charge on any atom is -0.481 e. The van der Waals surface area contributed by atoms with Gasteiger partial charge in [-0.25, -0.2) is 4.79 Å². The lowest BCUT2D eigenvalue weighted by atomic mass is 9.86. The molecule has 1 fully saturated rings. The van der Waals surface area contributed by atoms with Crippen LogP contribution in [-0.2, 0) is 14.3 Å². The molecule has 7 heteroatoms. The first-order valence-electron chi connectivity index (χ1n) is 6.95. The number of rotatable bonds is 6. The Balaban J connectivity index is 2.20. The van der Waals surface area contributed by atoms with Crippen molar-refractivity contribution in [1.82, 2.24) is 10.6 Å². The Hall–Kier alpha value is -1.79. The molecule has 0 saturated heterocycles. The fourth-order valence-corrected chi connectivity index (χ4v) is 2.25. The average molecular weight is 286 g/mol. The molecule has 0 spiro atoms. The van der Waals surface area contributed by atoms with Crippen LogP contribution in [0.25, 0.3) is 0 Å². The number of carboxylic acids is 1. The minimum absolute atomic E-state index is 0.0329. The molecule has 20 heavy (non-hydrogen) atoms. The van der Waals surface area contributed by atoms with Crippen molar-refractivity contribution < 1.29 is 24.2 Å². The summed E-state index contributed by atoms with van der Waals surface area (Å²) in [5, 5.41) is 13.7. The van der Waals surface area contributed by atoms with E-state index in [1.165, 1.54) is 0 Å². The highest BCUT2D eigenvalue weighted by atomic mass is 16.5. The molecule has 0 aliphatic heterocycles. The van der Waals surface area contributed by atoms with E-state index in [1.807, 2.05) is 0 Å². The van der Waals surface area contributed by atoms with E-state index >= 15 is 0 Å². The summed E-state index contributed by atoms with van der Waals surface area (Å²) in [6.07, 6.45) is 2.78. The van der Waals surface area contributed by atoms with Gasteiger partial charge >= 0.3 is 18.0 Å². The zero-order chi connectivity index (χ0) is 15.0. The summed E-state index contributed by atoms with van der Waals surface area (Å²) in [4.78, 5) is 33.4. The molecule has 1 saturated carbocycles. The van der Waals surface area contributed by atoms with Crippen molar-refractivity contribution in [1.29, 1.82) is 0 Å². The molecule has 1 rings (SSSR count). The van der Waals surface area contributed by atoms with Crippen LogP contribution < -0.4 is 10.6 Å². The summed E-state index contributed by atoms with van der Waals surface area (Å²) in [5.41, 5.74) is 0. The topological polar surface area (TPSA) is 105 Å². The predicted molar refractivity (Wildman–Crippen MR) is 71.2 cm³/mol. The Bertz CT molecular complexity index is 351. The first-order valence-corrected chi connectivity index (χ1v) is 6.95. The van der Waals surface area contributed by atoms with Crippen molar-refractivity contribution in [2.75, 3.05) is 13.2 Å². The van der Waals surface area contributed by atoms with Gasteiger partial charge in [-0.3, -0.25) is 9.59 Å². The highest BCUT2D eigenvalue weighted by Crippen LogP contribution is 2.25. The van der Waals surface area contributed by atoms with Gasteiger partial charge in [0.15, 0.2) is 0 Å². The van der Waals surface area contributed by atoms with Gasteiger partial charge < -0.3 is 20.5 Å². The number of carboxylic acid groups (broad SMARTS) is 1. The smallest absolute Gasteiger partial charge is 0.315 e. The number of carbonyl (C=O) groups is 3. The second kappa shape index (κ2) is 8.39. The maximum absolute atomic E-state index is 11.6. The number of aliphatic carboxylic acids is 1. The molecular formula is C13H22N2O5. The van der Waals surface area contributed by atoms with Crippen LogP contribution in [0.15, 0.2) is 0 Å². The summed E-state index contributed by atoms with van der Waals surface area (Å²) >= 11 is 0. The molecular weight excluding hydrogens is 264 g/mol. The lowest BCUT2D eigenvalue weighted by Gasteiger charge is -2.27. The molecule has 0 aromatic carbocycles. The van der Waals surface area contributed by atoms with Crippen LogP contribution in [0.3, 0.4) is 0 Å². The van der Waals surface area contributed by atoms with Gasteiger partial charge in [0.1, 0.15) is 0 Å². The molecule has 2 amide bonds. The van der Waals surface area contributed by atoms with Crippen molar-refractivity contribution in [2.24, 2.45) is 5.92 Å². The summed E-state index contributed by atoms with van der Waals surface area (Å²) in [5.74, 6) is -1.17. The number of hydrogen-bond acceptors (Lipinski definition) is 4. The van der Waals surface area contributed by atoms with Crippen LogP contribution in [0, 0.1) is 5.92 Å². The Kier molecular flexibility index (Phi) is 6.83. The molecule has 0 radical (unpaired) electrons. The van der Waals surface area contributed by atoms with Gasteiger partial charge in [-0.1, -0.05) is 0 Å². The zero-order valence-electron chi connectivity index (χ0n) is 11.7. The number of carbonyl (C=O) groups excluding carboxylic acids is 2. The Morgan fingerprint density at radius 1 is 1.20 bits per heavy atom. The second-order valence-electron chi connectivity index (χ2n) is 4.84. The van der Waals surface area contributed by atoms with E-state index in [4.69, 9.17) is 9.84 Å². The molecule has 3 N–H and O–H groups in total. The van der Waals surface area contributed by atoms with Crippen molar-refractivity contribution in [2.45, 2.75) is 45.1 Å². The van der Waals surface area contributed by atoms with E-state index in [0.717, 1.165) is 12.8 Å². The minimum atomic E-state index is -0.944. The van der Waals surface area contributed by atoms with Crippen LogP contribution in [0.5, 0.6) is 0 Å². The lowest BCUT2D eigenvalue weighted by Crippen LogP contribution is -2.44. The summed E-state index contributed by atoms with van der Waals surface area (Å²) in [6, 6.07) is -0.323. The van der Waals surface area contributed by atoms with Gasteiger partial charge in [0.25, 0.3) is 0 Å². The molecule has 0 bridgehead atoms. The fourth-order valence-electron chi connectivity index (χ4n) is 2.25. The van der Waals surface area contributed by atoms with Crippen LogP contribution >= 0.6 is 0 Å². The SMILES string of the molecule is CCOC(=O)C1CCC(NC(=O)NCCC(=O)O)CC1. The van der Waals surface area contributed by atoms with E-state index in [0.29, 0.717) is 19.4 Å². The van der Waals surface area contributed by atoms with E-state index in [-0.39, 0.29) is 36.9 Å². The lowest BCUT2D eigenvalue weighted by molar-refractivity contribution is -0.149. The Morgan fingerprint density at radius 3 is 2.40 bits per heavy atom. The number of amides is 2. The van der Waals surface area contributed by atoms with E-state index < -0.39 is 5.97 Å². The van der Waals surface area contributed by atoms with Crippen LogP contribution in [0.2, 0.25) is 0 Å². The van der Waals surface area contributed by atoms with Gasteiger partial charge in [0.05, 0.1) is 18.9 Å². The van der Waals surface area contributed by atoms with Gasteiger partial charge in [-0.05, 0) is 32.6 Å². The molecule has 0 aromatic rings. The maximum atomic E-state index is 11.6. The van der Waals surface area contributed by atoms with Gasteiger partial charge in [0, 0.05) is 12.6 Å². The van der Waals surface area contributed by atoms with Gasteiger partial charge in [-0.15, -0.1) is 0 Å². The van der Waals surface area contributed by atoms with Crippen molar-refractivity contribution in [3.8, 4) is 0 Å². The van der Waals surface area contributed by atoms with E-state index in [9.17, 15) is 14.4 Å². The first-order chi connectivity index (χ1) is 9.52. The fraction of sp³-hybridized carbons (Fsp3) is 0.769. The highest BCUT2D eigenvalue weighted by molar-refractivity contribution is 5.75. The second-order valence-corrected chi connectivity index (χ2v) is 4.84. The highest BCUT2D eigenvalue weighted by Gasteiger charge is 2.27. The molecule has 0 unspecified atom stereocenters. The number of nitrogens with one attached hydrogen (secondary N) is 2. The third kappa shape index (κ3) is 5.90. The number of ether oxygens (including phenoxy) is 1. The van der Waals surface area contributed by atoms with Crippen LogP contribution in [0.4, 0.5) is 4.79 Å². The number of urea groups is 1. The summed E-state index contributed by atoms with van der Waals surface area (Å²) in [7, 11) is 0. The third-order valence-electron chi connectivity index (χ3n) is 3.31. The average Bonchev–Trinajstić information content (AvgIpc) is 2.39. The Labute approximate surface area is 118 Å². The molecule has 0 heterocycles. The molecule has 1 aliphatic carbocycles. The van der Waals surface area contributed by atoms with Crippen molar-refractivity contribution in [3.05, 3.63) is 0 Å². The van der Waals surface area contributed by atoms with E-state index in [2.05, 4.69) is 10.6 Å². The van der Waals surface area contributed by atoms with Crippen molar-refractivity contribution in [3.63, 3.8) is 0 Å². The molecule has 1 aliphatic rings. The monoisotopic (exact) mass is 286 g/mol. The van der Waals surface area contributed by atoms with E-state index in [1.54, 1.807) is 6.92 Å². The quantitative estimate of drug-likeness (QED) is 0.629. The predicted octanol–water partition coefficient (Wildman–Crippen LogP) is 0.882. The number of esters is 1. The van der Waals surface area contributed by atoms with Crippen LogP contribution in [-0.4, -0.2) is 42.3 Å². The van der Waals surface area contributed by atoms with Crippen LogP contribution in [0.1, 0.15) is 39.0 Å². The maximum Gasteiger partial charge on any atom is 0.315 e. The zero-order valence-corrected chi connectivity index (χ0v) is 11.7. The normalized spacial score (nSPS) is 21.9. The Morgan fingerprint density at radius 2 is 1.85 bits per heavy atom. The largest absolute Gasteiger partial charge is 0.481 e. The molecule has 114 valence electrons. The molecule has 0 atom stereocenters. The standard InChI is InChI=1S/C13H22N2O5/c1-2-20-12(18)9-3-5-10(6-4-9)15-13(19)14-8-7-11(16)17/h9-10H,2-8H2,1H3,(H,16,17)(H2,14,15,19). The summed E-state index contributed by atoms with van der Waals surface area (Å²) < 4.78 is 4.98. The number of hydrogen-bond donors (Lipinski definition) is 3. The first kappa shape index (κ1) is 16.3. The van der Waals surface area contributed by atoms with Crippen molar-refractivity contribution >= 4 is 18.0 Å². The molecule has 0 aromatic heterocycles. The van der Waals surface area contributed by atoms with Gasteiger partial charge in [-0.2, -0.15) is 0 Å².